The molecule has 0 radical (unpaired) electrons. The molecule has 2 fully saturated rings. The van der Waals surface area contributed by atoms with Gasteiger partial charge in [0.1, 0.15) is 16.5 Å². The van der Waals surface area contributed by atoms with Crippen LogP contribution in [-0.4, -0.2) is 39.9 Å². The van der Waals surface area contributed by atoms with E-state index < -0.39 is 0 Å². The number of hydrogen-bond donors (Lipinski definition) is 2. The average Bonchev–Trinajstić information content (AvgIpc) is 3.17. The topological polar surface area (TPSA) is 84.1 Å². The zero-order valence-electron chi connectivity index (χ0n) is 13.5. The van der Waals surface area contributed by atoms with Gasteiger partial charge in [0.15, 0.2) is 0 Å². The molecule has 2 aromatic rings. The second-order valence-electron chi connectivity index (χ2n) is 7.25. The van der Waals surface area contributed by atoms with E-state index in [1.54, 1.807) is 11.3 Å². The highest BCUT2D eigenvalue weighted by molar-refractivity contribution is 7.19. The summed E-state index contributed by atoms with van der Waals surface area (Å²) in [6, 6.07) is 0.299. The molecule has 7 heteroatoms. The maximum absolute atomic E-state index is 11.4. The largest absolute Gasteiger partial charge is 0.383 e. The van der Waals surface area contributed by atoms with Crippen LogP contribution in [0.5, 0.6) is 0 Å². The van der Waals surface area contributed by atoms with Crippen molar-refractivity contribution in [1.29, 1.82) is 0 Å². The van der Waals surface area contributed by atoms with Crippen molar-refractivity contribution in [2.45, 2.75) is 44.7 Å². The molecule has 2 aliphatic heterocycles. The molecule has 126 valence electrons. The third-order valence-electron chi connectivity index (χ3n) is 5.56. The third-order valence-corrected chi connectivity index (χ3v) is 6.75. The molecule has 2 saturated heterocycles. The molecule has 1 amide bonds. The van der Waals surface area contributed by atoms with Crippen molar-refractivity contribution in [2.24, 2.45) is 5.92 Å². The van der Waals surface area contributed by atoms with Crippen LogP contribution in [0.1, 0.15) is 35.5 Å². The fourth-order valence-electron chi connectivity index (χ4n) is 4.47. The number of amides is 1. The van der Waals surface area contributed by atoms with Crippen molar-refractivity contribution in [2.75, 3.05) is 18.8 Å². The predicted octanol–water partition coefficient (Wildman–Crippen LogP) is 1.47. The van der Waals surface area contributed by atoms with Crippen molar-refractivity contribution < 1.29 is 4.79 Å². The first-order chi connectivity index (χ1) is 11.7. The fraction of sp³-hybridized carbons (Fsp3) is 0.588. The SMILES string of the molecule is Nc1nc(CN2C[C@@H]3CC(=O)N[C@@H]3C2)nc2sc3c(c12)CCCC3. The first-order valence-corrected chi connectivity index (χ1v) is 9.57. The Kier molecular flexibility index (Phi) is 3.28. The Balaban J connectivity index is 1.41. The van der Waals surface area contributed by atoms with E-state index in [9.17, 15) is 4.79 Å². The minimum Gasteiger partial charge on any atom is -0.383 e. The number of likely N-dealkylation sites (tertiary alicyclic amines) is 1. The number of nitrogens with one attached hydrogen (secondary N) is 1. The summed E-state index contributed by atoms with van der Waals surface area (Å²) in [5.74, 6) is 2.08. The van der Waals surface area contributed by atoms with Crippen LogP contribution in [0.4, 0.5) is 5.82 Å². The van der Waals surface area contributed by atoms with E-state index >= 15 is 0 Å². The number of nitrogens with zero attached hydrogens (tertiary/aromatic N) is 3. The molecular formula is C17H21N5OS. The number of aryl methyl sites for hydroxylation is 2. The van der Waals surface area contributed by atoms with E-state index in [2.05, 4.69) is 15.2 Å². The van der Waals surface area contributed by atoms with Gasteiger partial charge >= 0.3 is 0 Å². The number of thiophene rings is 1. The first-order valence-electron chi connectivity index (χ1n) is 8.76. The van der Waals surface area contributed by atoms with Crippen LogP contribution in [0.2, 0.25) is 0 Å². The summed E-state index contributed by atoms with van der Waals surface area (Å²) in [7, 11) is 0. The molecule has 3 N–H and O–H groups in total. The lowest BCUT2D eigenvalue weighted by atomic mass is 9.97. The second kappa shape index (κ2) is 5.39. The van der Waals surface area contributed by atoms with Gasteiger partial charge in [-0.25, -0.2) is 9.97 Å². The number of rotatable bonds is 2. The van der Waals surface area contributed by atoms with Gasteiger partial charge in [0.05, 0.1) is 11.9 Å². The predicted molar refractivity (Wildman–Crippen MR) is 93.8 cm³/mol. The summed E-state index contributed by atoms with van der Waals surface area (Å²) in [5.41, 5.74) is 7.68. The van der Waals surface area contributed by atoms with Crippen molar-refractivity contribution in [1.82, 2.24) is 20.2 Å². The van der Waals surface area contributed by atoms with Crippen molar-refractivity contribution >= 4 is 33.3 Å². The molecular weight excluding hydrogens is 322 g/mol. The van der Waals surface area contributed by atoms with E-state index in [0.29, 0.717) is 30.7 Å². The van der Waals surface area contributed by atoms with Gasteiger partial charge in [-0.05, 0) is 31.2 Å². The second-order valence-corrected chi connectivity index (χ2v) is 8.33. The summed E-state index contributed by atoms with van der Waals surface area (Å²) >= 11 is 1.80. The molecule has 24 heavy (non-hydrogen) atoms. The van der Waals surface area contributed by atoms with Crippen LogP contribution in [0.3, 0.4) is 0 Å². The molecule has 0 spiro atoms. The van der Waals surface area contributed by atoms with E-state index in [1.807, 2.05) is 0 Å². The molecule has 4 heterocycles. The highest BCUT2D eigenvalue weighted by Gasteiger charge is 2.40. The van der Waals surface area contributed by atoms with Crippen LogP contribution < -0.4 is 11.1 Å². The van der Waals surface area contributed by atoms with Crippen molar-refractivity contribution in [3.63, 3.8) is 0 Å². The van der Waals surface area contributed by atoms with Gasteiger partial charge in [0.2, 0.25) is 5.91 Å². The van der Waals surface area contributed by atoms with Crippen molar-refractivity contribution in [3.05, 3.63) is 16.3 Å². The van der Waals surface area contributed by atoms with Crippen LogP contribution in [0.25, 0.3) is 10.2 Å². The van der Waals surface area contributed by atoms with Gasteiger partial charge in [-0.1, -0.05) is 0 Å². The maximum Gasteiger partial charge on any atom is 0.220 e. The highest BCUT2D eigenvalue weighted by atomic mass is 32.1. The number of fused-ring (bicyclic) bond motifs is 4. The zero-order valence-corrected chi connectivity index (χ0v) is 14.4. The number of nitrogen functional groups attached to an aromatic ring is 1. The lowest BCUT2D eigenvalue weighted by Gasteiger charge is -2.16. The van der Waals surface area contributed by atoms with E-state index in [1.165, 1.54) is 23.3 Å². The summed E-state index contributed by atoms with van der Waals surface area (Å²) < 4.78 is 0. The number of nitrogens with two attached hydrogens (primary N) is 1. The van der Waals surface area contributed by atoms with Crippen LogP contribution in [0, 0.1) is 5.92 Å². The quantitative estimate of drug-likeness (QED) is 0.863. The molecule has 3 aliphatic rings. The van der Waals surface area contributed by atoms with Gasteiger partial charge in [-0.15, -0.1) is 11.3 Å². The normalized spacial score (nSPS) is 26.6. The van der Waals surface area contributed by atoms with Crippen LogP contribution >= 0.6 is 11.3 Å². The number of aromatic nitrogens is 2. The molecule has 0 unspecified atom stereocenters. The van der Waals surface area contributed by atoms with Gasteiger partial charge < -0.3 is 11.1 Å². The lowest BCUT2D eigenvalue weighted by molar-refractivity contribution is -0.119. The monoisotopic (exact) mass is 343 g/mol. The Morgan fingerprint density at radius 2 is 2.12 bits per heavy atom. The molecule has 1 aliphatic carbocycles. The lowest BCUT2D eigenvalue weighted by Crippen LogP contribution is -2.32. The fourth-order valence-corrected chi connectivity index (χ4v) is 5.75. The Morgan fingerprint density at radius 3 is 3.00 bits per heavy atom. The smallest absolute Gasteiger partial charge is 0.220 e. The standard InChI is InChI=1S/C17H21N5OS/c18-16-15-10-3-1-2-4-12(10)24-17(15)21-13(20-16)8-22-6-9-5-14(23)19-11(9)7-22/h9,11H,1-8H2,(H,19,23)(H2,18,20,21)/t9-,11+/m0/s1. The summed E-state index contributed by atoms with van der Waals surface area (Å²) in [5, 5.41) is 4.16. The zero-order chi connectivity index (χ0) is 16.3. The molecule has 2 aromatic heterocycles. The Bertz CT molecular complexity index is 816. The summed E-state index contributed by atoms with van der Waals surface area (Å²) in [4.78, 5) is 25.7. The highest BCUT2D eigenvalue weighted by Crippen LogP contribution is 2.38. The van der Waals surface area contributed by atoms with Gasteiger partial charge in [0, 0.05) is 36.3 Å². The van der Waals surface area contributed by atoms with E-state index in [4.69, 9.17) is 10.7 Å². The Hall–Kier alpha value is -1.73. The first kappa shape index (κ1) is 14.6. The Morgan fingerprint density at radius 1 is 1.25 bits per heavy atom. The average molecular weight is 343 g/mol. The van der Waals surface area contributed by atoms with Crippen LogP contribution in [-0.2, 0) is 24.2 Å². The summed E-state index contributed by atoms with van der Waals surface area (Å²) in [6.45, 7) is 2.54. The Labute approximate surface area is 144 Å². The third kappa shape index (κ3) is 2.29. The number of carbonyl (C=O) groups is 1. The number of carbonyl (C=O) groups excluding carboxylic acids is 1. The molecule has 0 saturated carbocycles. The number of hydrogen-bond acceptors (Lipinski definition) is 6. The maximum atomic E-state index is 11.4. The number of anilines is 1. The van der Waals surface area contributed by atoms with Gasteiger partial charge in [-0.3, -0.25) is 9.69 Å². The van der Waals surface area contributed by atoms with Gasteiger partial charge in [0.25, 0.3) is 0 Å². The minimum absolute atomic E-state index is 0.190. The van der Waals surface area contributed by atoms with Crippen LogP contribution in [0.15, 0.2) is 0 Å². The minimum atomic E-state index is 0.190. The molecule has 0 bridgehead atoms. The molecule has 0 aromatic carbocycles. The van der Waals surface area contributed by atoms with Crippen molar-refractivity contribution in [3.8, 4) is 0 Å². The molecule has 5 rings (SSSR count). The molecule has 2 atom stereocenters. The molecule has 6 nitrogen and oxygen atoms in total. The van der Waals surface area contributed by atoms with Gasteiger partial charge in [-0.2, -0.15) is 0 Å². The van der Waals surface area contributed by atoms with E-state index in [-0.39, 0.29) is 5.91 Å². The van der Waals surface area contributed by atoms with E-state index in [0.717, 1.165) is 42.0 Å². The summed E-state index contributed by atoms with van der Waals surface area (Å²) in [6.07, 6.45) is 5.42.